The van der Waals surface area contributed by atoms with E-state index < -0.39 is 0 Å². The quantitative estimate of drug-likeness (QED) is 0.521. The van der Waals surface area contributed by atoms with Crippen LogP contribution in [0.1, 0.15) is 0 Å². The molecule has 1 heterocycles. The smallest absolute Gasteiger partial charge is 0.0510 e. The molecule has 1 aliphatic rings. The minimum Gasteiger partial charge on any atom is -0.300 e. The van der Waals surface area contributed by atoms with Gasteiger partial charge in [0, 0.05) is 18.3 Å². The second kappa shape index (κ2) is 3.10. The van der Waals surface area contributed by atoms with Gasteiger partial charge in [-0.3, -0.25) is 9.89 Å². The summed E-state index contributed by atoms with van der Waals surface area (Å²) in [7, 11) is 0. The average molecular weight is 130 g/mol. The van der Waals surface area contributed by atoms with Crippen molar-refractivity contribution in [1.29, 1.82) is 0 Å². The van der Waals surface area contributed by atoms with Crippen LogP contribution in [-0.4, -0.2) is 36.5 Å². The van der Waals surface area contributed by atoms with Crippen molar-refractivity contribution in [1.82, 2.24) is 4.90 Å². The molecule has 0 atom stereocenters. The molecule has 0 aliphatic carbocycles. The first-order valence-electron chi connectivity index (χ1n) is 2.66. The number of aliphatic imine (C=N–C) groups is 1. The largest absolute Gasteiger partial charge is 0.300 e. The molecule has 1 saturated heterocycles. The zero-order chi connectivity index (χ0) is 5.82. The van der Waals surface area contributed by atoms with E-state index in [0.29, 0.717) is 0 Å². The Labute approximate surface area is 54.0 Å². The fraction of sp³-hybridized carbons (Fsp3) is 0.800. The Balaban J connectivity index is 1.93. The Hall–Kier alpha value is -0.0200. The van der Waals surface area contributed by atoms with E-state index in [0.717, 1.165) is 13.1 Å². The Bertz CT molecular complexity index is 80.5. The van der Waals surface area contributed by atoms with Crippen molar-refractivity contribution in [3.63, 3.8) is 0 Å². The zero-order valence-electron chi connectivity index (χ0n) is 4.84. The highest BCUT2D eigenvalue weighted by atomic mass is 32.2. The van der Waals surface area contributed by atoms with Crippen molar-refractivity contribution in [3.8, 4) is 0 Å². The molecule has 0 unspecified atom stereocenters. The standard InChI is InChI=1S/C5H10N2S/c1-6-2-3-7-4-8-5-7/h1-5H2. The first-order valence-corrected chi connectivity index (χ1v) is 3.81. The van der Waals surface area contributed by atoms with Crippen LogP contribution in [0.15, 0.2) is 4.99 Å². The Kier molecular flexibility index (Phi) is 2.36. The van der Waals surface area contributed by atoms with Crippen LogP contribution in [0.3, 0.4) is 0 Å². The lowest BCUT2D eigenvalue weighted by molar-refractivity contribution is 0.359. The van der Waals surface area contributed by atoms with Gasteiger partial charge in [-0.15, -0.1) is 11.8 Å². The molecule has 0 aromatic carbocycles. The summed E-state index contributed by atoms with van der Waals surface area (Å²) in [5.41, 5.74) is 0. The van der Waals surface area contributed by atoms with E-state index in [4.69, 9.17) is 0 Å². The van der Waals surface area contributed by atoms with Gasteiger partial charge < -0.3 is 0 Å². The monoisotopic (exact) mass is 130 g/mol. The molecule has 2 nitrogen and oxygen atoms in total. The highest BCUT2D eigenvalue weighted by Crippen LogP contribution is 2.16. The molecule has 46 valence electrons. The third-order valence-electron chi connectivity index (χ3n) is 1.12. The molecule has 8 heavy (non-hydrogen) atoms. The van der Waals surface area contributed by atoms with E-state index in [-0.39, 0.29) is 0 Å². The van der Waals surface area contributed by atoms with Crippen LogP contribution in [0.5, 0.6) is 0 Å². The fourth-order valence-electron chi connectivity index (χ4n) is 0.562. The molecule has 0 aromatic heterocycles. The fourth-order valence-corrected chi connectivity index (χ4v) is 1.26. The van der Waals surface area contributed by atoms with Gasteiger partial charge in [0.15, 0.2) is 0 Å². The molecule has 0 N–H and O–H groups in total. The van der Waals surface area contributed by atoms with E-state index >= 15 is 0 Å². The maximum atomic E-state index is 3.76. The summed E-state index contributed by atoms with van der Waals surface area (Å²) >= 11 is 1.96. The highest BCUT2D eigenvalue weighted by Gasteiger charge is 2.11. The Morgan fingerprint density at radius 1 is 1.62 bits per heavy atom. The van der Waals surface area contributed by atoms with Crippen LogP contribution in [0.25, 0.3) is 0 Å². The normalized spacial score (nSPS) is 20.0. The van der Waals surface area contributed by atoms with Crippen molar-refractivity contribution < 1.29 is 0 Å². The lowest BCUT2D eigenvalue weighted by atomic mass is 10.6. The van der Waals surface area contributed by atoms with Crippen molar-refractivity contribution in [2.75, 3.05) is 24.8 Å². The molecule has 1 aliphatic heterocycles. The van der Waals surface area contributed by atoms with Crippen LogP contribution in [-0.2, 0) is 0 Å². The van der Waals surface area contributed by atoms with Gasteiger partial charge in [-0.05, 0) is 6.72 Å². The minimum absolute atomic E-state index is 0.889. The minimum atomic E-state index is 0.889. The van der Waals surface area contributed by atoms with Gasteiger partial charge in [0.1, 0.15) is 0 Å². The molecule has 0 aromatic rings. The van der Waals surface area contributed by atoms with E-state index in [2.05, 4.69) is 16.6 Å². The van der Waals surface area contributed by atoms with Crippen molar-refractivity contribution in [2.24, 2.45) is 4.99 Å². The van der Waals surface area contributed by atoms with Crippen molar-refractivity contribution >= 4 is 18.5 Å². The molecule has 0 spiro atoms. The summed E-state index contributed by atoms with van der Waals surface area (Å²) in [6.07, 6.45) is 0. The van der Waals surface area contributed by atoms with Crippen LogP contribution in [0, 0.1) is 0 Å². The van der Waals surface area contributed by atoms with E-state index in [9.17, 15) is 0 Å². The van der Waals surface area contributed by atoms with E-state index in [1.165, 1.54) is 11.8 Å². The van der Waals surface area contributed by atoms with Crippen LogP contribution in [0.2, 0.25) is 0 Å². The summed E-state index contributed by atoms with van der Waals surface area (Å²) in [4.78, 5) is 6.10. The molecular weight excluding hydrogens is 120 g/mol. The average Bonchev–Trinajstić information content (AvgIpc) is 1.63. The van der Waals surface area contributed by atoms with Gasteiger partial charge in [0.2, 0.25) is 0 Å². The van der Waals surface area contributed by atoms with Gasteiger partial charge >= 0.3 is 0 Å². The Morgan fingerprint density at radius 2 is 2.38 bits per heavy atom. The predicted octanol–water partition coefficient (Wildman–Crippen LogP) is 0.651. The van der Waals surface area contributed by atoms with Gasteiger partial charge in [0.25, 0.3) is 0 Å². The van der Waals surface area contributed by atoms with Crippen LogP contribution in [0.4, 0.5) is 0 Å². The zero-order valence-corrected chi connectivity index (χ0v) is 5.65. The third-order valence-corrected chi connectivity index (χ3v) is 2.22. The molecule has 3 heteroatoms. The number of nitrogens with zero attached hydrogens (tertiary/aromatic N) is 2. The predicted molar refractivity (Wildman–Crippen MR) is 38.4 cm³/mol. The molecular formula is C5H10N2S. The third kappa shape index (κ3) is 1.49. The van der Waals surface area contributed by atoms with Crippen LogP contribution >= 0.6 is 11.8 Å². The molecule has 0 amide bonds. The molecule has 0 saturated carbocycles. The lowest BCUT2D eigenvalue weighted by Gasteiger charge is -2.28. The first-order chi connectivity index (χ1) is 3.93. The summed E-state index contributed by atoms with van der Waals surface area (Å²) in [5.74, 6) is 2.38. The number of hydrogen-bond acceptors (Lipinski definition) is 3. The summed E-state index contributed by atoms with van der Waals surface area (Å²) in [6, 6.07) is 0. The molecule has 1 fully saturated rings. The SMILES string of the molecule is C=NCCN1CSC1. The first kappa shape index (κ1) is 6.11. The molecule has 1 rings (SSSR count). The second-order valence-corrected chi connectivity index (χ2v) is 2.73. The van der Waals surface area contributed by atoms with Gasteiger partial charge in [0.05, 0.1) is 6.54 Å². The highest BCUT2D eigenvalue weighted by molar-refractivity contribution is 8.00. The van der Waals surface area contributed by atoms with Gasteiger partial charge in [-0.1, -0.05) is 0 Å². The number of hydrogen-bond donors (Lipinski definition) is 0. The number of thioether (sulfide) groups is 1. The summed E-state index contributed by atoms with van der Waals surface area (Å²) < 4.78 is 0. The van der Waals surface area contributed by atoms with Crippen molar-refractivity contribution in [3.05, 3.63) is 0 Å². The van der Waals surface area contributed by atoms with Gasteiger partial charge in [-0.2, -0.15) is 0 Å². The summed E-state index contributed by atoms with van der Waals surface area (Å²) in [6.45, 7) is 5.39. The summed E-state index contributed by atoms with van der Waals surface area (Å²) in [5, 5.41) is 0. The molecule has 0 bridgehead atoms. The van der Waals surface area contributed by atoms with E-state index in [1.807, 2.05) is 11.8 Å². The van der Waals surface area contributed by atoms with Gasteiger partial charge in [-0.25, -0.2) is 0 Å². The topological polar surface area (TPSA) is 15.6 Å². The molecule has 0 radical (unpaired) electrons. The van der Waals surface area contributed by atoms with E-state index in [1.54, 1.807) is 0 Å². The second-order valence-electron chi connectivity index (χ2n) is 1.80. The maximum Gasteiger partial charge on any atom is 0.0510 e. The lowest BCUT2D eigenvalue weighted by Crippen LogP contribution is -2.33. The van der Waals surface area contributed by atoms with Crippen molar-refractivity contribution in [2.45, 2.75) is 0 Å². The maximum absolute atomic E-state index is 3.76. The van der Waals surface area contributed by atoms with Crippen LogP contribution < -0.4 is 0 Å². The number of rotatable bonds is 3. The Morgan fingerprint density at radius 3 is 2.75 bits per heavy atom.